The second-order valence-electron chi connectivity index (χ2n) is 2.68. The van der Waals surface area contributed by atoms with Gasteiger partial charge in [-0.15, -0.1) is 13.2 Å². The van der Waals surface area contributed by atoms with Gasteiger partial charge in [-0.2, -0.15) is 0 Å². The van der Waals surface area contributed by atoms with Gasteiger partial charge in [0, 0.05) is 0 Å². The molecule has 0 radical (unpaired) electrons. The summed E-state index contributed by atoms with van der Waals surface area (Å²) in [5, 5.41) is 0. The predicted molar refractivity (Wildman–Crippen MR) is 49.6 cm³/mol. The van der Waals surface area contributed by atoms with Gasteiger partial charge in [-0.05, 0) is 19.3 Å². The summed E-state index contributed by atoms with van der Waals surface area (Å²) in [6.45, 7) is 12.2. The van der Waals surface area contributed by atoms with Crippen LogP contribution in [-0.4, -0.2) is 12.7 Å². The molecule has 1 unspecified atom stereocenters. The van der Waals surface area contributed by atoms with Crippen LogP contribution in [0.4, 0.5) is 0 Å². The van der Waals surface area contributed by atoms with Crippen LogP contribution in [0.15, 0.2) is 25.3 Å². The zero-order chi connectivity index (χ0) is 8.69. The van der Waals surface area contributed by atoms with E-state index in [0.29, 0.717) is 5.92 Å². The maximum absolute atomic E-state index is 5.45. The minimum Gasteiger partial charge on any atom is -0.374 e. The third-order valence-electron chi connectivity index (χ3n) is 1.76. The van der Waals surface area contributed by atoms with Crippen molar-refractivity contribution in [3.63, 3.8) is 0 Å². The molecule has 0 saturated heterocycles. The minimum atomic E-state index is 0.156. The third kappa shape index (κ3) is 4.79. The highest BCUT2D eigenvalue weighted by molar-refractivity contribution is 4.80. The van der Waals surface area contributed by atoms with E-state index in [4.69, 9.17) is 4.74 Å². The van der Waals surface area contributed by atoms with Crippen LogP contribution in [0.25, 0.3) is 0 Å². The van der Waals surface area contributed by atoms with Crippen molar-refractivity contribution in [1.82, 2.24) is 0 Å². The molecule has 0 bridgehead atoms. The standard InChI is InChI=1S/C10H18O/c1-5-9(4)11-8-10(6-2)7-3/h5-6,9-10H,1-2,7-8H2,3-4H3/t9-,10?/m0/s1. The molecule has 64 valence electrons. The summed E-state index contributed by atoms with van der Waals surface area (Å²) < 4.78 is 5.45. The SMILES string of the molecule is C=CC(CC)CO[C@@H](C)C=C. The van der Waals surface area contributed by atoms with E-state index in [2.05, 4.69) is 20.1 Å². The lowest BCUT2D eigenvalue weighted by atomic mass is 10.1. The number of rotatable bonds is 6. The largest absolute Gasteiger partial charge is 0.374 e. The molecule has 0 aliphatic carbocycles. The zero-order valence-corrected chi connectivity index (χ0v) is 7.55. The summed E-state index contributed by atoms with van der Waals surface area (Å²) in [5.74, 6) is 0.484. The average Bonchev–Trinajstić information content (AvgIpc) is 2.06. The lowest BCUT2D eigenvalue weighted by Crippen LogP contribution is -2.11. The fourth-order valence-electron chi connectivity index (χ4n) is 0.696. The first-order chi connectivity index (χ1) is 5.24. The van der Waals surface area contributed by atoms with Gasteiger partial charge in [0.15, 0.2) is 0 Å². The third-order valence-corrected chi connectivity index (χ3v) is 1.76. The molecule has 2 atom stereocenters. The van der Waals surface area contributed by atoms with Gasteiger partial charge in [-0.1, -0.05) is 19.1 Å². The van der Waals surface area contributed by atoms with Crippen LogP contribution < -0.4 is 0 Å². The van der Waals surface area contributed by atoms with Gasteiger partial charge in [0.05, 0.1) is 12.7 Å². The Morgan fingerprint density at radius 2 is 2.00 bits per heavy atom. The van der Waals surface area contributed by atoms with Crippen LogP contribution in [-0.2, 0) is 4.74 Å². The molecule has 0 aromatic carbocycles. The first kappa shape index (κ1) is 10.4. The van der Waals surface area contributed by atoms with E-state index in [0.717, 1.165) is 13.0 Å². The number of hydrogen-bond donors (Lipinski definition) is 0. The van der Waals surface area contributed by atoms with Crippen LogP contribution in [0.2, 0.25) is 0 Å². The van der Waals surface area contributed by atoms with Crippen molar-refractivity contribution in [1.29, 1.82) is 0 Å². The van der Waals surface area contributed by atoms with Crippen molar-refractivity contribution in [2.45, 2.75) is 26.4 Å². The summed E-state index contributed by atoms with van der Waals surface area (Å²) in [5.41, 5.74) is 0. The molecule has 0 aliphatic rings. The molecule has 0 rings (SSSR count). The maximum Gasteiger partial charge on any atom is 0.0725 e. The summed E-state index contributed by atoms with van der Waals surface area (Å²) in [6.07, 6.45) is 4.99. The van der Waals surface area contributed by atoms with E-state index in [1.807, 2.05) is 13.0 Å². The van der Waals surface area contributed by atoms with E-state index < -0.39 is 0 Å². The molecule has 1 nitrogen and oxygen atoms in total. The van der Waals surface area contributed by atoms with Gasteiger partial charge in [0.2, 0.25) is 0 Å². The molecule has 0 spiro atoms. The zero-order valence-electron chi connectivity index (χ0n) is 7.55. The van der Waals surface area contributed by atoms with E-state index in [1.54, 1.807) is 6.08 Å². The van der Waals surface area contributed by atoms with Crippen molar-refractivity contribution in [3.05, 3.63) is 25.3 Å². The lowest BCUT2D eigenvalue weighted by molar-refractivity contribution is 0.0779. The van der Waals surface area contributed by atoms with Crippen LogP contribution in [0.3, 0.4) is 0 Å². The van der Waals surface area contributed by atoms with Crippen molar-refractivity contribution in [2.75, 3.05) is 6.61 Å². The van der Waals surface area contributed by atoms with Crippen molar-refractivity contribution >= 4 is 0 Å². The minimum absolute atomic E-state index is 0.156. The van der Waals surface area contributed by atoms with Crippen LogP contribution in [0, 0.1) is 5.92 Å². The normalized spacial score (nSPS) is 15.5. The Morgan fingerprint density at radius 1 is 1.36 bits per heavy atom. The van der Waals surface area contributed by atoms with Gasteiger partial charge in [-0.25, -0.2) is 0 Å². The second kappa shape index (κ2) is 6.17. The van der Waals surface area contributed by atoms with Crippen LogP contribution in [0.5, 0.6) is 0 Å². The van der Waals surface area contributed by atoms with Crippen molar-refractivity contribution in [2.24, 2.45) is 5.92 Å². The fourth-order valence-corrected chi connectivity index (χ4v) is 0.696. The fraction of sp³-hybridized carbons (Fsp3) is 0.600. The Balaban J connectivity index is 3.49. The highest BCUT2D eigenvalue weighted by Gasteiger charge is 2.02. The lowest BCUT2D eigenvalue weighted by Gasteiger charge is -2.12. The Morgan fingerprint density at radius 3 is 2.36 bits per heavy atom. The van der Waals surface area contributed by atoms with E-state index in [9.17, 15) is 0 Å². The molecule has 0 fully saturated rings. The van der Waals surface area contributed by atoms with Gasteiger partial charge >= 0.3 is 0 Å². The van der Waals surface area contributed by atoms with Gasteiger partial charge in [0.25, 0.3) is 0 Å². The smallest absolute Gasteiger partial charge is 0.0725 e. The molecular formula is C10H18O. The van der Waals surface area contributed by atoms with Crippen LogP contribution in [0.1, 0.15) is 20.3 Å². The number of ether oxygens (including phenoxy) is 1. The van der Waals surface area contributed by atoms with E-state index in [1.165, 1.54) is 0 Å². The number of hydrogen-bond acceptors (Lipinski definition) is 1. The molecule has 1 heteroatoms. The first-order valence-corrected chi connectivity index (χ1v) is 4.11. The summed E-state index contributed by atoms with van der Waals surface area (Å²) >= 11 is 0. The molecule has 0 N–H and O–H groups in total. The summed E-state index contributed by atoms with van der Waals surface area (Å²) in [4.78, 5) is 0. The molecular weight excluding hydrogens is 136 g/mol. The maximum atomic E-state index is 5.45. The van der Waals surface area contributed by atoms with E-state index >= 15 is 0 Å². The quantitative estimate of drug-likeness (QED) is 0.534. The van der Waals surface area contributed by atoms with Gasteiger partial charge in [0.1, 0.15) is 0 Å². The monoisotopic (exact) mass is 154 g/mol. The second-order valence-corrected chi connectivity index (χ2v) is 2.68. The molecule has 11 heavy (non-hydrogen) atoms. The highest BCUT2D eigenvalue weighted by Crippen LogP contribution is 2.05. The molecule has 0 aromatic heterocycles. The molecule has 0 amide bonds. The first-order valence-electron chi connectivity index (χ1n) is 4.11. The van der Waals surface area contributed by atoms with Gasteiger partial charge in [-0.3, -0.25) is 0 Å². The molecule has 0 saturated carbocycles. The summed E-state index contributed by atoms with van der Waals surface area (Å²) in [7, 11) is 0. The highest BCUT2D eigenvalue weighted by atomic mass is 16.5. The Hall–Kier alpha value is -0.560. The topological polar surface area (TPSA) is 9.23 Å². The van der Waals surface area contributed by atoms with Crippen molar-refractivity contribution < 1.29 is 4.74 Å². The van der Waals surface area contributed by atoms with Gasteiger partial charge < -0.3 is 4.74 Å². The Kier molecular flexibility index (Phi) is 5.86. The summed E-state index contributed by atoms with van der Waals surface area (Å²) in [6, 6.07) is 0. The Bertz CT molecular complexity index is 118. The predicted octanol–water partition coefficient (Wildman–Crippen LogP) is 2.79. The Labute approximate surface area is 69.8 Å². The van der Waals surface area contributed by atoms with Crippen molar-refractivity contribution in [3.8, 4) is 0 Å². The molecule has 0 aromatic rings. The molecule has 0 aliphatic heterocycles. The molecule has 0 heterocycles. The average molecular weight is 154 g/mol. The van der Waals surface area contributed by atoms with Crippen LogP contribution >= 0.6 is 0 Å². The van der Waals surface area contributed by atoms with E-state index in [-0.39, 0.29) is 6.10 Å².